The van der Waals surface area contributed by atoms with Crippen molar-refractivity contribution in [3.8, 4) is 0 Å². The van der Waals surface area contributed by atoms with Gasteiger partial charge < -0.3 is 10.1 Å². The van der Waals surface area contributed by atoms with Gasteiger partial charge in [-0.2, -0.15) is 18.3 Å². The van der Waals surface area contributed by atoms with Crippen molar-refractivity contribution in [2.75, 3.05) is 19.8 Å². The van der Waals surface area contributed by atoms with Crippen molar-refractivity contribution in [2.24, 2.45) is 7.05 Å². The number of alkyl halides is 3. The van der Waals surface area contributed by atoms with Crippen LogP contribution in [0.3, 0.4) is 0 Å². The molecular weight excluding hydrogens is 307 g/mol. The SMILES string of the molecule is CCNC(COCC(F)(F)F)Cc1c(Cl)c(CC)nn1C. The third kappa shape index (κ3) is 5.84. The number of nitrogens with one attached hydrogen (secondary N) is 1. The average molecular weight is 328 g/mol. The molecule has 8 heteroatoms. The predicted molar refractivity (Wildman–Crippen MR) is 75.6 cm³/mol. The molecule has 0 saturated heterocycles. The molecule has 0 amide bonds. The molecule has 0 spiro atoms. The van der Waals surface area contributed by atoms with E-state index in [1.807, 2.05) is 13.8 Å². The van der Waals surface area contributed by atoms with Gasteiger partial charge >= 0.3 is 6.18 Å². The fourth-order valence-corrected chi connectivity index (χ4v) is 2.44. The normalized spacial score (nSPS) is 13.7. The van der Waals surface area contributed by atoms with Crippen molar-refractivity contribution in [3.05, 3.63) is 16.4 Å². The Labute approximate surface area is 127 Å². The first-order chi connectivity index (χ1) is 9.78. The van der Waals surface area contributed by atoms with Crippen LogP contribution in [0.2, 0.25) is 5.02 Å². The van der Waals surface area contributed by atoms with Crippen molar-refractivity contribution in [2.45, 2.75) is 38.9 Å². The maximum absolute atomic E-state index is 12.1. The number of aryl methyl sites for hydroxylation is 2. The smallest absolute Gasteiger partial charge is 0.370 e. The Bertz CT molecular complexity index is 449. The van der Waals surface area contributed by atoms with Gasteiger partial charge in [-0.1, -0.05) is 25.4 Å². The van der Waals surface area contributed by atoms with Gasteiger partial charge in [0.15, 0.2) is 0 Å². The van der Waals surface area contributed by atoms with Crippen LogP contribution in [-0.2, 0) is 24.6 Å². The van der Waals surface area contributed by atoms with Gasteiger partial charge in [0.2, 0.25) is 0 Å². The molecule has 1 unspecified atom stereocenters. The number of nitrogens with zero attached hydrogens (tertiary/aromatic N) is 2. The number of likely N-dealkylation sites (N-methyl/N-ethyl adjacent to an activating group) is 1. The van der Waals surface area contributed by atoms with Gasteiger partial charge in [0.05, 0.1) is 23.0 Å². The molecule has 1 aromatic rings. The highest BCUT2D eigenvalue weighted by molar-refractivity contribution is 6.31. The summed E-state index contributed by atoms with van der Waals surface area (Å²) in [6.07, 6.45) is -3.13. The predicted octanol–water partition coefficient (Wildman–Crippen LogP) is 2.74. The standard InChI is InChI=1S/C13H21ClF3N3O/c1-4-10-12(14)11(20(3)19-10)6-9(18-5-2)7-21-8-13(15,16)17/h9,18H,4-8H2,1-3H3. The third-order valence-corrected chi connectivity index (χ3v) is 3.46. The van der Waals surface area contributed by atoms with Crippen LogP contribution >= 0.6 is 11.6 Å². The van der Waals surface area contributed by atoms with E-state index in [0.29, 0.717) is 24.4 Å². The Balaban J connectivity index is 2.68. The minimum Gasteiger partial charge on any atom is -0.370 e. The number of halogens is 4. The molecule has 4 nitrogen and oxygen atoms in total. The Morgan fingerprint density at radius 3 is 2.52 bits per heavy atom. The Kier molecular flexibility index (Phi) is 6.96. The third-order valence-electron chi connectivity index (χ3n) is 3.02. The first-order valence-electron chi connectivity index (χ1n) is 6.86. The number of hydrogen-bond donors (Lipinski definition) is 1. The summed E-state index contributed by atoms with van der Waals surface area (Å²) < 4.78 is 42.8. The first kappa shape index (κ1) is 18.3. The quantitative estimate of drug-likeness (QED) is 0.798. The highest BCUT2D eigenvalue weighted by Crippen LogP contribution is 2.22. The molecular formula is C13H21ClF3N3O. The number of aromatic nitrogens is 2. The largest absolute Gasteiger partial charge is 0.411 e. The van der Waals surface area contributed by atoms with E-state index in [1.165, 1.54) is 0 Å². The van der Waals surface area contributed by atoms with Crippen molar-refractivity contribution in [1.29, 1.82) is 0 Å². The van der Waals surface area contributed by atoms with Gasteiger partial charge in [-0.05, 0) is 13.0 Å². The number of hydrogen-bond acceptors (Lipinski definition) is 3. The van der Waals surface area contributed by atoms with Crippen LogP contribution in [0.25, 0.3) is 0 Å². The molecule has 0 saturated carbocycles. The molecule has 0 aliphatic heterocycles. The van der Waals surface area contributed by atoms with E-state index in [2.05, 4.69) is 10.4 Å². The second-order valence-electron chi connectivity index (χ2n) is 4.77. The second kappa shape index (κ2) is 8.00. The number of rotatable bonds is 8. The summed E-state index contributed by atoms with van der Waals surface area (Å²) in [5.41, 5.74) is 1.59. The summed E-state index contributed by atoms with van der Waals surface area (Å²) in [4.78, 5) is 0. The molecule has 0 aromatic carbocycles. The van der Waals surface area contributed by atoms with Gasteiger partial charge in [-0.25, -0.2) is 0 Å². The highest BCUT2D eigenvalue weighted by atomic mass is 35.5. The molecule has 122 valence electrons. The topological polar surface area (TPSA) is 39.1 Å². The molecule has 0 fully saturated rings. The van der Waals surface area contributed by atoms with Gasteiger partial charge in [-0.15, -0.1) is 0 Å². The van der Waals surface area contributed by atoms with Crippen molar-refractivity contribution in [1.82, 2.24) is 15.1 Å². The summed E-state index contributed by atoms with van der Waals surface area (Å²) in [5, 5.41) is 7.99. The van der Waals surface area contributed by atoms with Crippen molar-refractivity contribution >= 4 is 11.6 Å². The molecule has 0 aliphatic rings. The molecule has 21 heavy (non-hydrogen) atoms. The van der Waals surface area contributed by atoms with Crippen molar-refractivity contribution < 1.29 is 17.9 Å². The van der Waals surface area contributed by atoms with E-state index in [-0.39, 0.29) is 12.6 Å². The maximum Gasteiger partial charge on any atom is 0.411 e. The Morgan fingerprint density at radius 1 is 1.38 bits per heavy atom. The van der Waals surface area contributed by atoms with Crippen LogP contribution in [0, 0.1) is 0 Å². The fraction of sp³-hybridized carbons (Fsp3) is 0.769. The summed E-state index contributed by atoms with van der Waals surface area (Å²) in [5.74, 6) is 0. The molecule has 1 heterocycles. The Hall–Kier alpha value is -0.790. The second-order valence-corrected chi connectivity index (χ2v) is 5.15. The molecule has 1 aromatic heterocycles. The van der Waals surface area contributed by atoms with Crippen LogP contribution in [0.4, 0.5) is 13.2 Å². The van der Waals surface area contributed by atoms with Crippen LogP contribution in [0.15, 0.2) is 0 Å². The van der Waals surface area contributed by atoms with Gasteiger partial charge in [-0.3, -0.25) is 4.68 Å². The van der Waals surface area contributed by atoms with Crippen LogP contribution in [0.5, 0.6) is 0 Å². The lowest BCUT2D eigenvalue weighted by atomic mass is 10.1. The van der Waals surface area contributed by atoms with E-state index >= 15 is 0 Å². The van der Waals surface area contributed by atoms with Gasteiger partial charge in [0.25, 0.3) is 0 Å². The summed E-state index contributed by atoms with van der Waals surface area (Å²) in [6, 6.07) is -0.241. The van der Waals surface area contributed by atoms with Crippen LogP contribution in [-0.4, -0.2) is 41.8 Å². The van der Waals surface area contributed by atoms with Crippen LogP contribution < -0.4 is 5.32 Å². The zero-order chi connectivity index (χ0) is 16.0. The summed E-state index contributed by atoms with van der Waals surface area (Å²) in [6.45, 7) is 3.20. The van der Waals surface area contributed by atoms with E-state index in [0.717, 1.165) is 11.4 Å². The molecule has 1 atom stereocenters. The van der Waals surface area contributed by atoms with E-state index in [9.17, 15) is 13.2 Å². The van der Waals surface area contributed by atoms with Crippen LogP contribution in [0.1, 0.15) is 25.2 Å². The van der Waals surface area contributed by atoms with Crippen molar-refractivity contribution in [3.63, 3.8) is 0 Å². The minimum atomic E-state index is -4.31. The van der Waals surface area contributed by atoms with E-state index < -0.39 is 12.8 Å². The zero-order valence-corrected chi connectivity index (χ0v) is 13.2. The zero-order valence-electron chi connectivity index (χ0n) is 12.4. The first-order valence-corrected chi connectivity index (χ1v) is 7.24. The molecule has 0 radical (unpaired) electrons. The monoisotopic (exact) mass is 327 g/mol. The molecule has 1 N–H and O–H groups in total. The fourth-order valence-electron chi connectivity index (χ4n) is 2.07. The minimum absolute atomic E-state index is 0.0314. The Morgan fingerprint density at radius 2 is 2.05 bits per heavy atom. The summed E-state index contributed by atoms with van der Waals surface area (Å²) in [7, 11) is 1.78. The maximum atomic E-state index is 12.1. The van der Waals surface area contributed by atoms with E-state index in [4.69, 9.17) is 16.3 Å². The molecule has 0 aliphatic carbocycles. The lowest BCUT2D eigenvalue weighted by molar-refractivity contribution is -0.175. The average Bonchev–Trinajstić information content (AvgIpc) is 2.64. The number of ether oxygens (including phenoxy) is 1. The van der Waals surface area contributed by atoms with E-state index in [1.54, 1.807) is 11.7 Å². The van der Waals surface area contributed by atoms with Gasteiger partial charge in [0.1, 0.15) is 6.61 Å². The lowest BCUT2D eigenvalue weighted by Crippen LogP contribution is -2.37. The lowest BCUT2D eigenvalue weighted by Gasteiger charge is -2.19. The molecule has 1 rings (SSSR count). The summed E-state index contributed by atoms with van der Waals surface area (Å²) >= 11 is 6.25. The highest BCUT2D eigenvalue weighted by Gasteiger charge is 2.28. The molecule has 0 bridgehead atoms. The van der Waals surface area contributed by atoms with Gasteiger partial charge in [0, 0.05) is 19.5 Å².